The number of aromatic nitrogens is 2. The van der Waals surface area contributed by atoms with Gasteiger partial charge in [-0.1, -0.05) is 120 Å². The van der Waals surface area contributed by atoms with Crippen molar-refractivity contribution in [2.75, 3.05) is 0 Å². The lowest BCUT2D eigenvalue weighted by atomic mass is 9.96. The Kier molecular flexibility index (Phi) is 12.1. The molecule has 0 bridgehead atoms. The fourth-order valence-corrected chi connectivity index (χ4v) is 5.22. The van der Waals surface area contributed by atoms with Crippen LogP contribution in [0.5, 0.6) is 0 Å². The van der Waals surface area contributed by atoms with Gasteiger partial charge in [0.2, 0.25) is 0 Å². The van der Waals surface area contributed by atoms with Crippen LogP contribution in [0.4, 0.5) is 0 Å². The third-order valence-corrected chi connectivity index (χ3v) is 7.37. The lowest BCUT2D eigenvalue weighted by Gasteiger charge is -2.12. The molecule has 0 fully saturated rings. The summed E-state index contributed by atoms with van der Waals surface area (Å²) >= 11 is 0. The molecule has 0 saturated heterocycles. The first kappa shape index (κ1) is 27.2. The second-order valence-corrected chi connectivity index (χ2v) is 10.4. The highest BCUT2D eigenvalue weighted by atomic mass is 15.2. The fourth-order valence-electron chi connectivity index (χ4n) is 5.22. The first-order valence-corrected chi connectivity index (χ1v) is 14.4. The van der Waals surface area contributed by atoms with Crippen LogP contribution in [0.15, 0.2) is 66.9 Å². The SMILES string of the molecule is CCCCCCCCn1cc(CC(C)c2ccccc2)[n+](CCCCCC)c1Cc1ccccc1. The van der Waals surface area contributed by atoms with Gasteiger partial charge < -0.3 is 0 Å². The van der Waals surface area contributed by atoms with Gasteiger partial charge in [0.15, 0.2) is 0 Å². The normalized spacial score (nSPS) is 12.2. The van der Waals surface area contributed by atoms with Crippen molar-refractivity contribution >= 4 is 0 Å². The predicted molar refractivity (Wildman–Crippen MR) is 150 cm³/mol. The first-order chi connectivity index (χ1) is 17.2. The van der Waals surface area contributed by atoms with E-state index in [1.165, 1.54) is 86.9 Å². The van der Waals surface area contributed by atoms with Gasteiger partial charge in [0.25, 0.3) is 5.82 Å². The van der Waals surface area contributed by atoms with Crippen LogP contribution >= 0.6 is 0 Å². The lowest BCUT2D eigenvalue weighted by Crippen LogP contribution is -2.41. The Hall–Kier alpha value is -2.35. The van der Waals surface area contributed by atoms with E-state index in [9.17, 15) is 0 Å². The van der Waals surface area contributed by atoms with Crippen LogP contribution in [0.25, 0.3) is 0 Å². The third-order valence-electron chi connectivity index (χ3n) is 7.37. The monoisotopic (exact) mass is 473 g/mol. The first-order valence-electron chi connectivity index (χ1n) is 14.4. The van der Waals surface area contributed by atoms with E-state index in [0.29, 0.717) is 5.92 Å². The summed E-state index contributed by atoms with van der Waals surface area (Å²) in [6, 6.07) is 22.1. The largest absolute Gasteiger partial charge is 0.261 e. The molecule has 0 aliphatic heterocycles. The van der Waals surface area contributed by atoms with Crippen LogP contribution in [-0.4, -0.2) is 4.57 Å². The summed E-state index contributed by atoms with van der Waals surface area (Å²) in [4.78, 5) is 0. The van der Waals surface area contributed by atoms with Crippen molar-refractivity contribution < 1.29 is 4.57 Å². The van der Waals surface area contributed by atoms with Gasteiger partial charge in [0, 0.05) is 6.42 Å². The molecule has 0 spiro atoms. The second kappa shape index (κ2) is 15.6. The van der Waals surface area contributed by atoms with Crippen molar-refractivity contribution in [3.63, 3.8) is 0 Å². The molecule has 2 heteroatoms. The van der Waals surface area contributed by atoms with E-state index in [-0.39, 0.29) is 0 Å². The molecule has 0 N–H and O–H groups in total. The van der Waals surface area contributed by atoms with Crippen LogP contribution < -0.4 is 4.57 Å². The van der Waals surface area contributed by atoms with E-state index >= 15 is 0 Å². The minimum absolute atomic E-state index is 0.521. The average Bonchev–Trinajstić information content (AvgIpc) is 3.20. The third kappa shape index (κ3) is 8.98. The fraction of sp³-hybridized carbons (Fsp3) is 0.545. The van der Waals surface area contributed by atoms with Gasteiger partial charge >= 0.3 is 0 Å². The van der Waals surface area contributed by atoms with E-state index in [1.54, 1.807) is 0 Å². The minimum Gasteiger partial charge on any atom is -0.234 e. The maximum atomic E-state index is 2.69. The molecule has 2 aromatic carbocycles. The topological polar surface area (TPSA) is 8.81 Å². The van der Waals surface area contributed by atoms with Gasteiger partial charge in [0.05, 0.1) is 19.5 Å². The molecule has 0 aliphatic carbocycles. The number of rotatable bonds is 17. The molecule has 1 aromatic heterocycles. The van der Waals surface area contributed by atoms with Gasteiger partial charge in [-0.05, 0) is 42.7 Å². The number of aryl methyl sites for hydroxylation is 1. The van der Waals surface area contributed by atoms with Gasteiger partial charge in [-0.25, -0.2) is 9.13 Å². The number of nitrogens with zero attached hydrogens (tertiary/aromatic N) is 2. The molecule has 0 amide bonds. The summed E-state index contributed by atoms with van der Waals surface area (Å²) in [6.07, 6.45) is 17.9. The van der Waals surface area contributed by atoms with E-state index in [1.807, 2.05) is 0 Å². The van der Waals surface area contributed by atoms with Crippen molar-refractivity contribution in [3.05, 3.63) is 89.5 Å². The van der Waals surface area contributed by atoms with Crippen LogP contribution in [0.1, 0.15) is 114 Å². The van der Waals surface area contributed by atoms with Crippen LogP contribution in [0.3, 0.4) is 0 Å². The predicted octanol–water partition coefficient (Wildman–Crippen LogP) is 8.65. The Bertz CT molecular complexity index is 942. The number of unbranched alkanes of at least 4 members (excludes halogenated alkanes) is 8. The Labute approximate surface area is 215 Å². The molecule has 1 unspecified atom stereocenters. The Morgan fingerprint density at radius 3 is 2.00 bits per heavy atom. The van der Waals surface area contributed by atoms with E-state index in [0.717, 1.165) is 25.9 Å². The second-order valence-electron chi connectivity index (χ2n) is 10.4. The summed E-state index contributed by atoms with van der Waals surface area (Å²) < 4.78 is 5.30. The van der Waals surface area contributed by atoms with E-state index in [4.69, 9.17) is 0 Å². The smallest absolute Gasteiger partial charge is 0.234 e. The molecule has 3 aromatic rings. The van der Waals surface area contributed by atoms with Gasteiger partial charge in [-0.3, -0.25) is 0 Å². The maximum Gasteiger partial charge on any atom is 0.261 e. The van der Waals surface area contributed by atoms with E-state index in [2.05, 4.69) is 96.8 Å². The van der Waals surface area contributed by atoms with Crippen LogP contribution in [0.2, 0.25) is 0 Å². The summed E-state index contributed by atoms with van der Waals surface area (Å²) in [5.41, 5.74) is 4.37. The van der Waals surface area contributed by atoms with E-state index < -0.39 is 0 Å². The minimum atomic E-state index is 0.521. The number of benzene rings is 2. The van der Waals surface area contributed by atoms with Crippen LogP contribution in [-0.2, 0) is 25.9 Å². The van der Waals surface area contributed by atoms with Crippen molar-refractivity contribution in [3.8, 4) is 0 Å². The standard InChI is InChI=1S/C33H49N2/c1-4-6-8-10-11-18-24-34-28-32(26-29(3)31-22-16-13-17-23-31)35(25-19-9-7-5-2)33(34)27-30-20-14-12-15-21-30/h12-17,20-23,28-29H,4-11,18-19,24-27H2,1-3H3/q+1. The zero-order valence-corrected chi connectivity index (χ0v) is 22.7. The quantitative estimate of drug-likeness (QED) is 0.137. The maximum absolute atomic E-state index is 2.69. The molecule has 190 valence electrons. The van der Waals surface area contributed by atoms with Crippen molar-refractivity contribution in [2.24, 2.45) is 0 Å². The highest BCUT2D eigenvalue weighted by Gasteiger charge is 2.25. The summed E-state index contributed by atoms with van der Waals surface area (Å²) in [5, 5.41) is 0. The highest BCUT2D eigenvalue weighted by molar-refractivity contribution is 5.21. The van der Waals surface area contributed by atoms with Gasteiger partial charge in [0.1, 0.15) is 11.9 Å². The molecule has 1 atom stereocenters. The highest BCUT2D eigenvalue weighted by Crippen LogP contribution is 2.21. The lowest BCUT2D eigenvalue weighted by molar-refractivity contribution is -0.710. The molecule has 1 heterocycles. The van der Waals surface area contributed by atoms with Gasteiger partial charge in [-0.15, -0.1) is 0 Å². The summed E-state index contributed by atoms with van der Waals surface area (Å²) in [5.74, 6) is 2.02. The van der Waals surface area contributed by atoms with Crippen molar-refractivity contribution in [2.45, 2.75) is 117 Å². The molecule has 0 radical (unpaired) electrons. The van der Waals surface area contributed by atoms with Crippen molar-refractivity contribution in [1.29, 1.82) is 0 Å². The molecule has 0 aliphatic rings. The van der Waals surface area contributed by atoms with Gasteiger partial charge in [-0.2, -0.15) is 0 Å². The molecule has 0 saturated carbocycles. The Morgan fingerprint density at radius 1 is 0.714 bits per heavy atom. The molecular formula is C33H49N2+. The summed E-state index contributed by atoms with van der Waals surface area (Å²) in [7, 11) is 0. The molecule has 3 rings (SSSR count). The average molecular weight is 474 g/mol. The summed E-state index contributed by atoms with van der Waals surface area (Å²) in [6.45, 7) is 9.27. The number of hydrogen-bond acceptors (Lipinski definition) is 0. The Morgan fingerprint density at radius 2 is 1.31 bits per heavy atom. The molecular weight excluding hydrogens is 424 g/mol. The zero-order chi connectivity index (χ0) is 24.7. The number of imidazole rings is 1. The van der Waals surface area contributed by atoms with Crippen LogP contribution in [0, 0.1) is 0 Å². The number of hydrogen-bond donors (Lipinski definition) is 0. The Balaban J connectivity index is 1.85. The molecule has 2 nitrogen and oxygen atoms in total. The molecule has 35 heavy (non-hydrogen) atoms. The zero-order valence-electron chi connectivity index (χ0n) is 22.7. The van der Waals surface area contributed by atoms with Crippen molar-refractivity contribution in [1.82, 2.24) is 4.57 Å².